The molecule has 3 aromatic rings. The van der Waals surface area contributed by atoms with Crippen LogP contribution in [-0.4, -0.2) is 37.7 Å². The summed E-state index contributed by atoms with van der Waals surface area (Å²) in [6.07, 6.45) is 0.313. The van der Waals surface area contributed by atoms with Crippen LogP contribution in [0.3, 0.4) is 0 Å². The minimum absolute atomic E-state index is 0.150. The standard InChI is InChI=1S/C28H28FN3O6/c1-3-28(37)9-24(34)38-12-19-20(28)7-23-25-18(11-32(23)27(19)36)17(10-30-26(35)14-5-15(33)6-14)16-4-13(2)21(29)8-22(16)31-25/h4,7-8,14-15,33,37H,3,5-6,9-12H2,1-2H3,(H,30,35)/t14?,15?,28-/m1/s1. The Hall–Kier alpha value is -3.63. The van der Waals surface area contributed by atoms with E-state index in [1.54, 1.807) is 26.0 Å². The monoisotopic (exact) mass is 521 g/mol. The molecule has 0 saturated heterocycles. The number of halogens is 1. The summed E-state index contributed by atoms with van der Waals surface area (Å²) in [6.45, 7) is 3.48. The van der Waals surface area contributed by atoms with Crippen molar-refractivity contribution in [2.24, 2.45) is 5.92 Å². The molecule has 2 aromatic heterocycles. The SMILES string of the molecule is CC[C@@]1(O)CC(=O)OCc2c1cc1n(c2=O)Cc2c-1nc1cc(F)c(C)cc1c2CNC(=O)C1CC(O)C1. The van der Waals surface area contributed by atoms with Crippen molar-refractivity contribution in [2.75, 3.05) is 0 Å². The van der Waals surface area contributed by atoms with Crippen LogP contribution in [-0.2, 0) is 39.6 Å². The maximum absolute atomic E-state index is 14.6. The van der Waals surface area contributed by atoms with Crippen molar-refractivity contribution in [3.8, 4) is 11.4 Å². The normalized spacial score (nSPS) is 23.7. The fraction of sp³-hybridized carbons (Fsp3) is 0.429. The van der Waals surface area contributed by atoms with Crippen molar-refractivity contribution in [3.63, 3.8) is 0 Å². The Kier molecular flexibility index (Phi) is 5.66. The Labute approximate surface area is 217 Å². The molecule has 10 heteroatoms. The van der Waals surface area contributed by atoms with Crippen molar-refractivity contribution < 1.29 is 28.9 Å². The number of benzene rings is 1. The number of aliphatic hydroxyl groups excluding tert-OH is 1. The number of cyclic esters (lactones) is 1. The summed E-state index contributed by atoms with van der Waals surface area (Å²) in [5, 5.41) is 24.6. The molecule has 1 amide bonds. The highest BCUT2D eigenvalue weighted by Crippen LogP contribution is 2.40. The molecule has 0 bridgehead atoms. The molecule has 0 unspecified atom stereocenters. The summed E-state index contributed by atoms with van der Waals surface area (Å²) in [7, 11) is 0. The van der Waals surface area contributed by atoms with Gasteiger partial charge < -0.3 is 24.8 Å². The van der Waals surface area contributed by atoms with Gasteiger partial charge in [0.25, 0.3) is 5.56 Å². The lowest BCUT2D eigenvalue weighted by atomic mass is 9.82. The van der Waals surface area contributed by atoms with Crippen LogP contribution in [0.25, 0.3) is 22.3 Å². The zero-order valence-electron chi connectivity index (χ0n) is 21.1. The van der Waals surface area contributed by atoms with Gasteiger partial charge in [-0.2, -0.15) is 0 Å². The topological polar surface area (TPSA) is 131 Å². The van der Waals surface area contributed by atoms with E-state index < -0.39 is 23.5 Å². The van der Waals surface area contributed by atoms with E-state index in [1.807, 2.05) is 0 Å². The number of esters is 1. The molecule has 9 nitrogen and oxygen atoms in total. The molecule has 3 aliphatic rings. The van der Waals surface area contributed by atoms with Crippen molar-refractivity contribution in [3.05, 3.63) is 62.2 Å². The number of nitrogens with zero attached hydrogens (tertiary/aromatic N) is 2. The van der Waals surface area contributed by atoms with Crippen LogP contribution in [0.2, 0.25) is 0 Å². The van der Waals surface area contributed by atoms with Gasteiger partial charge in [0, 0.05) is 29.5 Å². The molecule has 198 valence electrons. The highest BCUT2D eigenvalue weighted by molar-refractivity contribution is 5.89. The average Bonchev–Trinajstić information content (AvgIpc) is 3.16. The predicted octanol–water partition coefficient (Wildman–Crippen LogP) is 2.30. The number of amides is 1. The van der Waals surface area contributed by atoms with Crippen LogP contribution in [0.4, 0.5) is 4.39 Å². The number of ether oxygens (including phenoxy) is 1. The van der Waals surface area contributed by atoms with Crippen molar-refractivity contribution in [1.82, 2.24) is 14.9 Å². The van der Waals surface area contributed by atoms with E-state index in [-0.39, 0.29) is 55.5 Å². The van der Waals surface area contributed by atoms with E-state index in [0.717, 1.165) is 11.1 Å². The summed E-state index contributed by atoms with van der Waals surface area (Å²) in [5.41, 5.74) is 1.82. The van der Waals surface area contributed by atoms with Gasteiger partial charge in [-0.15, -0.1) is 0 Å². The molecule has 1 fully saturated rings. The van der Waals surface area contributed by atoms with E-state index in [0.29, 0.717) is 46.3 Å². The summed E-state index contributed by atoms with van der Waals surface area (Å²) >= 11 is 0. The number of hydrogen-bond acceptors (Lipinski definition) is 7. The molecule has 2 aliphatic heterocycles. The summed E-state index contributed by atoms with van der Waals surface area (Å²) in [6, 6.07) is 4.73. The largest absolute Gasteiger partial charge is 0.460 e. The zero-order valence-corrected chi connectivity index (χ0v) is 21.1. The van der Waals surface area contributed by atoms with Gasteiger partial charge in [-0.05, 0) is 55.0 Å². The molecule has 4 heterocycles. The molecule has 38 heavy (non-hydrogen) atoms. The first kappa shape index (κ1) is 24.7. The quantitative estimate of drug-likeness (QED) is 0.351. The number of aryl methyl sites for hydroxylation is 1. The second-order valence-corrected chi connectivity index (χ2v) is 10.6. The van der Waals surface area contributed by atoms with Crippen LogP contribution in [0.15, 0.2) is 23.0 Å². The molecule has 3 N–H and O–H groups in total. The summed E-state index contributed by atoms with van der Waals surface area (Å²) in [5.74, 6) is -1.42. The highest BCUT2D eigenvalue weighted by atomic mass is 19.1. The second-order valence-electron chi connectivity index (χ2n) is 10.6. The molecule has 1 saturated carbocycles. The van der Waals surface area contributed by atoms with Crippen molar-refractivity contribution in [2.45, 2.75) is 70.9 Å². The van der Waals surface area contributed by atoms with Gasteiger partial charge in [0.15, 0.2) is 0 Å². The molecule has 0 radical (unpaired) electrons. The fourth-order valence-corrected chi connectivity index (χ4v) is 5.81. The Morgan fingerprint density at radius 1 is 1.26 bits per heavy atom. The average molecular weight is 522 g/mol. The number of rotatable bonds is 4. The molecule has 1 atom stereocenters. The maximum Gasteiger partial charge on any atom is 0.309 e. The van der Waals surface area contributed by atoms with Gasteiger partial charge in [-0.3, -0.25) is 14.4 Å². The van der Waals surface area contributed by atoms with Crippen molar-refractivity contribution >= 4 is 22.8 Å². The lowest BCUT2D eigenvalue weighted by Crippen LogP contribution is -2.41. The summed E-state index contributed by atoms with van der Waals surface area (Å²) in [4.78, 5) is 43.3. The fourth-order valence-electron chi connectivity index (χ4n) is 5.81. The number of pyridine rings is 2. The zero-order chi connectivity index (χ0) is 26.9. The van der Waals surface area contributed by atoms with E-state index in [4.69, 9.17) is 9.72 Å². The first-order chi connectivity index (χ1) is 18.1. The molecular weight excluding hydrogens is 493 g/mol. The van der Waals surface area contributed by atoms with E-state index in [1.165, 1.54) is 10.6 Å². The first-order valence-electron chi connectivity index (χ1n) is 12.8. The lowest BCUT2D eigenvalue weighted by Gasteiger charge is -2.30. The van der Waals surface area contributed by atoms with Crippen LogP contribution in [0.5, 0.6) is 0 Å². The van der Waals surface area contributed by atoms with Crippen LogP contribution in [0, 0.1) is 18.7 Å². The third-order valence-corrected chi connectivity index (χ3v) is 8.27. The summed E-state index contributed by atoms with van der Waals surface area (Å²) < 4.78 is 21.4. The minimum atomic E-state index is -1.56. The van der Waals surface area contributed by atoms with Crippen molar-refractivity contribution in [1.29, 1.82) is 0 Å². The van der Waals surface area contributed by atoms with Crippen LogP contribution in [0.1, 0.15) is 60.4 Å². The van der Waals surface area contributed by atoms with Gasteiger partial charge >= 0.3 is 5.97 Å². The van der Waals surface area contributed by atoms with E-state index in [2.05, 4.69) is 5.32 Å². The number of nitrogens with one attached hydrogen (secondary N) is 1. The number of carbonyl (C=O) groups excluding carboxylic acids is 2. The molecule has 0 spiro atoms. The number of hydrogen-bond donors (Lipinski definition) is 3. The Balaban J connectivity index is 1.51. The number of aromatic nitrogens is 2. The smallest absolute Gasteiger partial charge is 0.309 e. The molecular formula is C28H28FN3O6. The van der Waals surface area contributed by atoms with Crippen LogP contribution < -0.4 is 10.9 Å². The van der Waals surface area contributed by atoms with Gasteiger partial charge in [0.2, 0.25) is 5.91 Å². The first-order valence-corrected chi connectivity index (χ1v) is 12.8. The number of aliphatic hydroxyl groups is 2. The van der Waals surface area contributed by atoms with E-state index >= 15 is 0 Å². The second kappa shape index (κ2) is 8.71. The number of carbonyl (C=O) groups is 2. The van der Waals surface area contributed by atoms with Gasteiger partial charge in [0.1, 0.15) is 18.0 Å². The third kappa shape index (κ3) is 3.73. The molecule has 1 aliphatic carbocycles. The lowest BCUT2D eigenvalue weighted by molar-refractivity contribution is -0.149. The maximum atomic E-state index is 14.6. The Morgan fingerprint density at radius 2 is 2.03 bits per heavy atom. The Morgan fingerprint density at radius 3 is 2.74 bits per heavy atom. The van der Waals surface area contributed by atoms with Crippen LogP contribution >= 0.6 is 0 Å². The van der Waals surface area contributed by atoms with Gasteiger partial charge in [0.05, 0.1) is 41.5 Å². The molecule has 1 aromatic carbocycles. The predicted molar refractivity (Wildman–Crippen MR) is 134 cm³/mol. The highest BCUT2D eigenvalue weighted by Gasteiger charge is 2.40. The van der Waals surface area contributed by atoms with E-state index in [9.17, 15) is 29.0 Å². The number of fused-ring (bicyclic) bond motifs is 5. The van der Waals surface area contributed by atoms with Gasteiger partial charge in [-0.1, -0.05) is 6.92 Å². The molecule has 6 rings (SSSR count). The Bertz CT molecular complexity index is 1590. The third-order valence-electron chi connectivity index (χ3n) is 8.27. The van der Waals surface area contributed by atoms with Gasteiger partial charge in [-0.25, -0.2) is 9.37 Å². The minimum Gasteiger partial charge on any atom is -0.460 e.